The third-order valence-electron chi connectivity index (χ3n) is 2.87. The number of hydrogen-bond donors (Lipinski definition) is 3. The molecule has 0 bridgehead atoms. The van der Waals surface area contributed by atoms with Crippen LogP contribution in [0.3, 0.4) is 0 Å². The number of methoxy groups -OCH3 is 1. The smallest absolute Gasteiger partial charge is 0.337 e. The van der Waals surface area contributed by atoms with Gasteiger partial charge in [0, 0.05) is 11.8 Å². The lowest BCUT2D eigenvalue weighted by Gasteiger charge is -2.13. The minimum absolute atomic E-state index is 0.0569. The predicted octanol–water partition coefficient (Wildman–Crippen LogP) is 2.59. The van der Waals surface area contributed by atoms with Crippen molar-refractivity contribution in [2.45, 2.75) is 0 Å². The van der Waals surface area contributed by atoms with Crippen molar-refractivity contribution < 1.29 is 14.6 Å². The average molecular weight is 283 g/mol. The van der Waals surface area contributed by atoms with Crippen LogP contribution in [0.5, 0.6) is 5.75 Å². The van der Waals surface area contributed by atoms with Crippen molar-refractivity contribution in [3.8, 4) is 11.8 Å². The van der Waals surface area contributed by atoms with Crippen molar-refractivity contribution in [2.75, 3.05) is 18.2 Å². The van der Waals surface area contributed by atoms with Crippen LogP contribution in [0.2, 0.25) is 0 Å². The summed E-state index contributed by atoms with van der Waals surface area (Å²) in [6, 6.07) is 11.4. The van der Waals surface area contributed by atoms with Crippen LogP contribution in [-0.2, 0) is 0 Å². The fraction of sp³-hybridized carbons (Fsp3) is 0.0667. The Morgan fingerprint density at radius 3 is 2.62 bits per heavy atom. The molecule has 6 heteroatoms. The molecule has 0 saturated heterocycles. The van der Waals surface area contributed by atoms with Gasteiger partial charge in [-0.25, -0.2) is 4.79 Å². The van der Waals surface area contributed by atoms with Gasteiger partial charge in [-0.15, -0.1) is 0 Å². The molecule has 0 amide bonds. The predicted molar refractivity (Wildman–Crippen MR) is 78.8 cm³/mol. The van der Waals surface area contributed by atoms with E-state index in [1.165, 1.54) is 13.2 Å². The zero-order valence-corrected chi connectivity index (χ0v) is 11.3. The molecule has 0 heterocycles. The SMILES string of the molecule is COc1cc(C#N)ccc1Nc1ccc(N)cc1C(=O)O. The van der Waals surface area contributed by atoms with E-state index in [0.29, 0.717) is 28.4 Å². The van der Waals surface area contributed by atoms with E-state index in [2.05, 4.69) is 5.32 Å². The molecule has 0 atom stereocenters. The molecule has 0 radical (unpaired) electrons. The Kier molecular flexibility index (Phi) is 3.95. The first-order valence-corrected chi connectivity index (χ1v) is 6.03. The van der Waals surface area contributed by atoms with E-state index >= 15 is 0 Å². The second kappa shape index (κ2) is 5.84. The van der Waals surface area contributed by atoms with E-state index < -0.39 is 5.97 Å². The molecular formula is C15H13N3O3. The summed E-state index contributed by atoms with van der Waals surface area (Å²) in [7, 11) is 1.47. The molecule has 2 rings (SSSR count). The number of aromatic carboxylic acids is 1. The number of nitrogens with two attached hydrogens (primary N) is 1. The minimum atomic E-state index is -1.09. The third-order valence-corrected chi connectivity index (χ3v) is 2.87. The van der Waals surface area contributed by atoms with Crippen molar-refractivity contribution in [1.29, 1.82) is 5.26 Å². The van der Waals surface area contributed by atoms with Crippen molar-refractivity contribution in [1.82, 2.24) is 0 Å². The third kappa shape index (κ3) is 3.04. The lowest BCUT2D eigenvalue weighted by molar-refractivity contribution is 0.0698. The zero-order valence-electron chi connectivity index (χ0n) is 11.3. The Balaban J connectivity index is 2.43. The maximum Gasteiger partial charge on any atom is 0.337 e. The minimum Gasteiger partial charge on any atom is -0.495 e. The van der Waals surface area contributed by atoms with E-state index in [0.717, 1.165) is 0 Å². The summed E-state index contributed by atoms with van der Waals surface area (Å²) in [6.45, 7) is 0. The van der Waals surface area contributed by atoms with E-state index in [1.54, 1.807) is 30.3 Å². The Morgan fingerprint density at radius 1 is 1.29 bits per heavy atom. The first kappa shape index (κ1) is 14.2. The molecule has 0 aromatic heterocycles. The van der Waals surface area contributed by atoms with Crippen LogP contribution in [0.1, 0.15) is 15.9 Å². The number of carbonyl (C=O) groups is 1. The standard InChI is InChI=1S/C15H13N3O3/c1-21-14-6-9(8-16)2-4-13(14)18-12-5-3-10(17)7-11(12)15(19)20/h2-7,18H,17H2,1H3,(H,19,20). The van der Waals surface area contributed by atoms with Crippen molar-refractivity contribution in [3.05, 3.63) is 47.5 Å². The van der Waals surface area contributed by atoms with Crippen LogP contribution in [-0.4, -0.2) is 18.2 Å². The topological polar surface area (TPSA) is 108 Å². The molecule has 4 N–H and O–H groups in total. The van der Waals surface area contributed by atoms with E-state index in [9.17, 15) is 9.90 Å². The van der Waals surface area contributed by atoms with Gasteiger partial charge in [-0.2, -0.15) is 5.26 Å². The summed E-state index contributed by atoms with van der Waals surface area (Å²) < 4.78 is 5.20. The van der Waals surface area contributed by atoms with Gasteiger partial charge < -0.3 is 20.9 Å². The van der Waals surface area contributed by atoms with Crippen LogP contribution in [0.4, 0.5) is 17.1 Å². The Labute approximate surface area is 121 Å². The van der Waals surface area contributed by atoms with E-state index in [-0.39, 0.29) is 5.56 Å². The van der Waals surface area contributed by atoms with Gasteiger partial charge >= 0.3 is 5.97 Å². The molecular weight excluding hydrogens is 270 g/mol. The number of nitrogens with one attached hydrogen (secondary N) is 1. The van der Waals surface area contributed by atoms with Crippen LogP contribution in [0.25, 0.3) is 0 Å². The zero-order chi connectivity index (χ0) is 15.4. The molecule has 0 aliphatic rings. The number of carboxylic acid groups (broad SMARTS) is 1. The number of benzene rings is 2. The highest BCUT2D eigenvalue weighted by Crippen LogP contribution is 2.30. The molecule has 6 nitrogen and oxygen atoms in total. The van der Waals surface area contributed by atoms with Crippen LogP contribution in [0.15, 0.2) is 36.4 Å². The van der Waals surface area contributed by atoms with Crippen molar-refractivity contribution in [2.24, 2.45) is 0 Å². The molecule has 2 aromatic rings. The molecule has 2 aromatic carbocycles. The quantitative estimate of drug-likeness (QED) is 0.744. The first-order valence-electron chi connectivity index (χ1n) is 6.03. The van der Waals surface area contributed by atoms with Gasteiger partial charge in [0.15, 0.2) is 0 Å². The highest BCUT2D eigenvalue weighted by atomic mass is 16.5. The summed E-state index contributed by atoms with van der Waals surface area (Å²) >= 11 is 0. The van der Waals surface area contributed by atoms with Gasteiger partial charge in [0.1, 0.15) is 5.75 Å². The molecule has 106 valence electrons. The Bertz CT molecular complexity index is 735. The van der Waals surface area contributed by atoms with E-state index in [1.807, 2.05) is 6.07 Å². The number of nitrogen functional groups attached to an aromatic ring is 1. The number of rotatable bonds is 4. The largest absolute Gasteiger partial charge is 0.495 e. The number of carboxylic acids is 1. The molecule has 0 fully saturated rings. The summed E-state index contributed by atoms with van der Waals surface area (Å²) in [6.07, 6.45) is 0. The second-order valence-corrected chi connectivity index (χ2v) is 4.26. The summed E-state index contributed by atoms with van der Waals surface area (Å²) in [5.41, 5.74) is 7.42. The monoisotopic (exact) mass is 283 g/mol. The fourth-order valence-electron chi connectivity index (χ4n) is 1.86. The summed E-state index contributed by atoms with van der Waals surface area (Å²) in [4.78, 5) is 11.2. The summed E-state index contributed by atoms with van der Waals surface area (Å²) in [5.74, 6) is -0.639. The van der Waals surface area contributed by atoms with Gasteiger partial charge in [0.25, 0.3) is 0 Å². The molecule has 21 heavy (non-hydrogen) atoms. The van der Waals surface area contributed by atoms with Gasteiger partial charge in [-0.3, -0.25) is 0 Å². The van der Waals surface area contributed by atoms with Gasteiger partial charge in [-0.1, -0.05) is 0 Å². The average Bonchev–Trinajstić information content (AvgIpc) is 2.49. The Morgan fingerprint density at radius 2 is 2.00 bits per heavy atom. The molecule has 0 spiro atoms. The highest BCUT2D eigenvalue weighted by molar-refractivity contribution is 5.96. The van der Waals surface area contributed by atoms with Crippen LogP contribution < -0.4 is 15.8 Å². The normalized spacial score (nSPS) is 9.71. The number of nitrogens with zero attached hydrogens (tertiary/aromatic N) is 1. The maximum absolute atomic E-state index is 11.2. The number of anilines is 3. The van der Waals surface area contributed by atoms with Gasteiger partial charge in [-0.05, 0) is 30.3 Å². The molecule has 0 aliphatic carbocycles. The second-order valence-electron chi connectivity index (χ2n) is 4.26. The Hall–Kier alpha value is -3.20. The lowest BCUT2D eigenvalue weighted by Crippen LogP contribution is -2.04. The molecule has 0 saturated carbocycles. The lowest BCUT2D eigenvalue weighted by atomic mass is 10.1. The van der Waals surface area contributed by atoms with E-state index in [4.69, 9.17) is 15.7 Å². The number of ether oxygens (including phenoxy) is 1. The van der Waals surface area contributed by atoms with Crippen LogP contribution in [0, 0.1) is 11.3 Å². The maximum atomic E-state index is 11.2. The van der Waals surface area contributed by atoms with Crippen LogP contribution >= 0.6 is 0 Å². The molecule has 0 aliphatic heterocycles. The highest BCUT2D eigenvalue weighted by Gasteiger charge is 2.12. The van der Waals surface area contributed by atoms with Gasteiger partial charge in [0.05, 0.1) is 35.7 Å². The van der Waals surface area contributed by atoms with Crippen molar-refractivity contribution in [3.63, 3.8) is 0 Å². The molecule has 0 unspecified atom stereocenters. The van der Waals surface area contributed by atoms with Gasteiger partial charge in [0.2, 0.25) is 0 Å². The fourth-order valence-corrected chi connectivity index (χ4v) is 1.86. The number of hydrogen-bond acceptors (Lipinski definition) is 5. The number of nitriles is 1. The first-order chi connectivity index (χ1) is 10.0. The summed E-state index contributed by atoms with van der Waals surface area (Å²) in [5, 5.41) is 21.1. The van der Waals surface area contributed by atoms with Crippen molar-refractivity contribution >= 4 is 23.0 Å².